The normalized spacial score (nSPS) is 13.3. The first kappa shape index (κ1) is 17.1. The van der Waals surface area contributed by atoms with E-state index in [4.69, 9.17) is 4.74 Å². The van der Waals surface area contributed by atoms with E-state index in [2.05, 4.69) is 16.9 Å². The number of carbonyl (C=O) groups is 1. The molecule has 0 bridgehead atoms. The van der Waals surface area contributed by atoms with Crippen LogP contribution in [0.4, 0.5) is 0 Å². The van der Waals surface area contributed by atoms with Gasteiger partial charge in [0.2, 0.25) is 0 Å². The van der Waals surface area contributed by atoms with E-state index in [1.54, 1.807) is 0 Å². The minimum absolute atomic E-state index is 0.147. The van der Waals surface area contributed by atoms with Crippen LogP contribution in [0.3, 0.4) is 0 Å². The van der Waals surface area contributed by atoms with E-state index in [-0.39, 0.29) is 11.9 Å². The molecule has 0 spiro atoms. The van der Waals surface area contributed by atoms with E-state index in [0.29, 0.717) is 12.5 Å². The van der Waals surface area contributed by atoms with Gasteiger partial charge >= 0.3 is 5.97 Å². The Morgan fingerprint density at radius 3 is 2.35 bits per heavy atom. The van der Waals surface area contributed by atoms with Crippen molar-refractivity contribution < 1.29 is 9.53 Å². The van der Waals surface area contributed by atoms with E-state index in [1.165, 1.54) is 0 Å². The average Bonchev–Trinajstić information content (AvgIpc) is 2.57. The van der Waals surface area contributed by atoms with Crippen LogP contribution in [-0.2, 0) is 9.53 Å². The van der Waals surface area contributed by atoms with Crippen molar-refractivity contribution >= 4 is 5.97 Å². The molecule has 23 heavy (non-hydrogen) atoms. The van der Waals surface area contributed by atoms with Crippen molar-refractivity contribution in [2.24, 2.45) is 0 Å². The second-order valence-electron chi connectivity index (χ2n) is 5.76. The van der Waals surface area contributed by atoms with Crippen molar-refractivity contribution in [3.63, 3.8) is 0 Å². The molecule has 0 N–H and O–H groups in total. The highest BCUT2D eigenvalue weighted by atomic mass is 16.5. The number of rotatable bonds is 7. The molecule has 0 radical (unpaired) electrons. The Balaban J connectivity index is 2.06. The molecular weight excluding hydrogens is 288 g/mol. The highest BCUT2D eigenvalue weighted by Crippen LogP contribution is 2.28. The van der Waals surface area contributed by atoms with Crippen LogP contribution < -0.4 is 0 Å². The smallest absolute Gasteiger partial charge is 0.313 e. The van der Waals surface area contributed by atoms with Crippen molar-refractivity contribution in [2.45, 2.75) is 45.4 Å². The zero-order chi connectivity index (χ0) is 16.7. The number of benzene rings is 1. The molecule has 2 rings (SSSR count). The van der Waals surface area contributed by atoms with Gasteiger partial charge in [-0.15, -0.1) is 0 Å². The highest BCUT2D eigenvalue weighted by molar-refractivity contribution is 5.78. The molecule has 0 aliphatic carbocycles. The first-order chi connectivity index (χ1) is 11.1. The fourth-order valence-electron chi connectivity index (χ4n) is 2.59. The molecule has 0 amide bonds. The Kier molecular flexibility index (Phi) is 6.27. The third-order valence-corrected chi connectivity index (χ3v) is 4.03. The van der Waals surface area contributed by atoms with Crippen molar-refractivity contribution in [1.29, 1.82) is 0 Å². The van der Waals surface area contributed by atoms with Crippen LogP contribution in [0.1, 0.15) is 55.5 Å². The summed E-state index contributed by atoms with van der Waals surface area (Å²) >= 11 is 0. The van der Waals surface area contributed by atoms with Crippen molar-refractivity contribution in [3.8, 4) is 0 Å². The molecule has 0 saturated carbocycles. The average molecular weight is 312 g/mol. The number of aromatic nitrogens is 2. The predicted octanol–water partition coefficient (Wildman–Crippen LogP) is 4.02. The molecular formula is C19H24N2O2. The summed E-state index contributed by atoms with van der Waals surface area (Å²) in [5.74, 6) is 0.710. The molecule has 1 aromatic carbocycles. The highest BCUT2D eigenvalue weighted by Gasteiger charge is 2.22. The van der Waals surface area contributed by atoms with Crippen LogP contribution >= 0.6 is 0 Å². The van der Waals surface area contributed by atoms with E-state index in [0.717, 1.165) is 29.8 Å². The maximum Gasteiger partial charge on any atom is 0.313 e. The lowest BCUT2D eigenvalue weighted by molar-refractivity contribution is -0.145. The topological polar surface area (TPSA) is 52.1 Å². The minimum atomic E-state index is -0.218. The van der Waals surface area contributed by atoms with Crippen LogP contribution in [-0.4, -0.2) is 22.5 Å². The summed E-state index contributed by atoms with van der Waals surface area (Å²) in [4.78, 5) is 20.8. The van der Waals surface area contributed by atoms with Gasteiger partial charge in [0, 0.05) is 12.4 Å². The number of nitrogens with zero attached hydrogens (tertiary/aromatic N) is 2. The zero-order valence-corrected chi connectivity index (χ0v) is 14.0. The van der Waals surface area contributed by atoms with E-state index < -0.39 is 0 Å². The lowest BCUT2D eigenvalue weighted by Gasteiger charge is -2.18. The van der Waals surface area contributed by atoms with Gasteiger partial charge in [0.1, 0.15) is 5.82 Å². The van der Waals surface area contributed by atoms with E-state index >= 15 is 0 Å². The second kappa shape index (κ2) is 8.42. The van der Waals surface area contributed by atoms with Gasteiger partial charge in [0.25, 0.3) is 0 Å². The molecule has 0 fully saturated rings. The molecule has 4 heteroatoms. The Morgan fingerprint density at radius 2 is 1.74 bits per heavy atom. The van der Waals surface area contributed by atoms with Crippen molar-refractivity contribution in [1.82, 2.24) is 9.97 Å². The molecule has 2 aromatic rings. The molecule has 1 aromatic heterocycles. The van der Waals surface area contributed by atoms with Crippen molar-refractivity contribution in [2.75, 3.05) is 6.61 Å². The van der Waals surface area contributed by atoms with E-state index in [1.807, 2.05) is 56.6 Å². The lowest BCUT2D eigenvalue weighted by Crippen LogP contribution is -2.17. The predicted molar refractivity (Wildman–Crippen MR) is 90.2 cm³/mol. The molecule has 0 aliphatic rings. The minimum Gasteiger partial charge on any atom is -0.466 e. The van der Waals surface area contributed by atoms with Crippen LogP contribution in [0.25, 0.3) is 0 Å². The van der Waals surface area contributed by atoms with Gasteiger partial charge in [-0.3, -0.25) is 4.79 Å². The lowest BCUT2D eigenvalue weighted by atomic mass is 9.89. The van der Waals surface area contributed by atoms with Gasteiger partial charge < -0.3 is 4.74 Å². The summed E-state index contributed by atoms with van der Waals surface area (Å²) in [6.45, 7) is 6.26. The summed E-state index contributed by atoms with van der Waals surface area (Å²) in [6, 6.07) is 9.85. The molecule has 2 unspecified atom stereocenters. The van der Waals surface area contributed by atoms with Crippen LogP contribution in [0.15, 0.2) is 42.7 Å². The van der Waals surface area contributed by atoms with Gasteiger partial charge in [-0.25, -0.2) is 9.97 Å². The first-order valence-corrected chi connectivity index (χ1v) is 8.12. The maximum atomic E-state index is 12.3. The zero-order valence-electron chi connectivity index (χ0n) is 14.0. The van der Waals surface area contributed by atoms with Crippen LogP contribution in [0.2, 0.25) is 0 Å². The quantitative estimate of drug-likeness (QED) is 0.725. The standard InChI is InChI=1S/C19H24N2O2/c1-4-23-19(22)18(16-8-6-5-7-9-16)11-10-14(2)17-12-20-15(3)21-13-17/h5-9,12-14,18H,4,10-11H2,1-3H3. The number of hydrogen-bond donors (Lipinski definition) is 0. The SMILES string of the molecule is CCOC(=O)C(CCC(C)c1cnc(C)nc1)c1ccccc1. The van der Waals surface area contributed by atoms with Gasteiger partial charge in [-0.1, -0.05) is 37.3 Å². The van der Waals surface area contributed by atoms with Gasteiger partial charge in [0.15, 0.2) is 0 Å². The Morgan fingerprint density at radius 1 is 1.09 bits per heavy atom. The number of ether oxygens (including phenoxy) is 1. The third kappa shape index (κ3) is 4.88. The first-order valence-electron chi connectivity index (χ1n) is 8.12. The second-order valence-corrected chi connectivity index (χ2v) is 5.76. The molecule has 1 heterocycles. The molecule has 2 atom stereocenters. The fourth-order valence-corrected chi connectivity index (χ4v) is 2.59. The summed E-state index contributed by atoms with van der Waals surface area (Å²) in [5.41, 5.74) is 2.12. The maximum absolute atomic E-state index is 12.3. The Labute approximate surface area is 137 Å². The molecule has 0 aliphatic heterocycles. The summed E-state index contributed by atoms with van der Waals surface area (Å²) in [7, 11) is 0. The van der Waals surface area contributed by atoms with Crippen LogP contribution in [0, 0.1) is 6.92 Å². The van der Waals surface area contributed by atoms with Crippen LogP contribution in [0.5, 0.6) is 0 Å². The number of esters is 1. The summed E-state index contributed by atoms with van der Waals surface area (Å²) < 4.78 is 5.25. The van der Waals surface area contributed by atoms with Gasteiger partial charge in [0.05, 0.1) is 12.5 Å². The fraction of sp³-hybridized carbons (Fsp3) is 0.421. The van der Waals surface area contributed by atoms with Gasteiger partial charge in [-0.2, -0.15) is 0 Å². The molecule has 4 nitrogen and oxygen atoms in total. The van der Waals surface area contributed by atoms with Crippen molar-refractivity contribution in [3.05, 3.63) is 59.7 Å². The monoisotopic (exact) mass is 312 g/mol. The number of aryl methyl sites for hydroxylation is 1. The molecule has 0 saturated heterocycles. The Bertz CT molecular complexity index is 611. The summed E-state index contributed by atoms with van der Waals surface area (Å²) in [6.07, 6.45) is 5.37. The molecule has 122 valence electrons. The number of hydrogen-bond acceptors (Lipinski definition) is 4. The Hall–Kier alpha value is -2.23. The van der Waals surface area contributed by atoms with Gasteiger partial charge in [-0.05, 0) is 43.7 Å². The largest absolute Gasteiger partial charge is 0.466 e. The van der Waals surface area contributed by atoms with E-state index in [9.17, 15) is 4.79 Å². The number of carbonyl (C=O) groups excluding carboxylic acids is 1. The summed E-state index contributed by atoms with van der Waals surface area (Å²) in [5, 5.41) is 0. The third-order valence-electron chi connectivity index (χ3n) is 4.03.